The molecule has 0 saturated heterocycles. The summed E-state index contributed by atoms with van der Waals surface area (Å²) in [6, 6.07) is 52.4. The van der Waals surface area contributed by atoms with Crippen molar-refractivity contribution in [3.8, 4) is 56.4 Å². The van der Waals surface area contributed by atoms with Crippen molar-refractivity contribution < 1.29 is 0 Å². The van der Waals surface area contributed by atoms with Crippen molar-refractivity contribution in [1.82, 2.24) is 19.6 Å². The Labute approximate surface area is 256 Å². The normalized spacial score (nSPS) is 11.3. The number of rotatable bonds is 5. The van der Waals surface area contributed by atoms with E-state index >= 15 is 0 Å². The second-order valence-electron chi connectivity index (χ2n) is 11.0. The Balaban J connectivity index is 1.25. The second-order valence-corrected chi connectivity index (χ2v) is 11.0. The molecule has 4 nitrogen and oxygen atoms in total. The minimum Gasteiger partial charge on any atom is -0.232 e. The molecule has 0 saturated carbocycles. The van der Waals surface area contributed by atoms with Gasteiger partial charge in [-0.2, -0.15) is 5.10 Å². The highest BCUT2D eigenvalue weighted by Crippen LogP contribution is 2.35. The fraction of sp³-hybridized carbons (Fsp3) is 0.0250. The Hall–Kier alpha value is -5.87. The molecular formula is C40H28N4. The minimum absolute atomic E-state index is 0.711. The van der Waals surface area contributed by atoms with Gasteiger partial charge in [0.2, 0.25) is 0 Å². The van der Waals surface area contributed by atoms with E-state index in [1.54, 1.807) is 0 Å². The summed E-state index contributed by atoms with van der Waals surface area (Å²) in [4.78, 5) is 9.94. The Morgan fingerprint density at radius 2 is 1.00 bits per heavy atom. The van der Waals surface area contributed by atoms with Crippen LogP contribution in [0, 0.1) is 6.92 Å². The van der Waals surface area contributed by atoms with Gasteiger partial charge in [-0.1, -0.05) is 140 Å². The van der Waals surface area contributed by atoms with E-state index in [0.29, 0.717) is 5.82 Å². The first-order chi connectivity index (χ1) is 21.7. The van der Waals surface area contributed by atoms with Gasteiger partial charge in [0.05, 0.1) is 28.3 Å². The standard InChI is InChI=1S/C40H28N4/c1-27-38(43-44-37(30-15-7-3-8-16-30)25-33-19-11-12-20-34(33)39(27)44)31-23-21-29(22-24-31)36-26-35(28-13-5-2-6-14-28)41-40(42-36)32-17-9-4-10-18-32/h2-26H,1H3. The third-order valence-electron chi connectivity index (χ3n) is 8.21. The summed E-state index contributed by atoms with van der Waals surface area (Å²) in [6.45, 7) is 2.18. The summed E-state index contributed by atoms with van der Waals surface area (Å²) in [5.74, 6) is 0.711. The van der Waals surface area contributed by atoms with Gasteiger partial charge in [0, 0.05) is 38.8 Å². The number of nitrogens with zero attached hydrogens (tertiary/aromatic N) is 4. The van der Waals surface area contributed by atoms with Crippen molar-refractivity contribution in [3.63, 3.8) is 0 Å². The maximum Gasteiger partial charge on any atom is 0.160 e. The van der Waals surface area contributed by atoms with Crippen LogP contribution in [0.25, 0.3) is 72.7 Å². The average Bonchev–Trinajstić information content (AvgIpc) is 3.46. The van der Waals surface area contributed by atoms with Crippen molar-refractivity contribution >= 4 is 16.3 Å². The van der Waals surface area contributed by atoms with Crippen LogP contribution in [0.4, 0.5) is 0 Å². The van der Waals surface area contributed by atoms with Gasteiger partial charge in [0.15, 0.2) is 5.82 Å². The summed E-state index contributed by atoms with van der Waals surface area (Å²) >= 11 is 0. The molecule has 5 aromatic carbocycles. The van der Waals surface area contributed by atoms with Crippen molar-refractivity contribution in [2.24, 2.45) is 0 Å². The first kappa shape index (κ1) is 25.8. The lowest BCUT2D eigenvalue weighted by atomic mass is 10.0. The van der Waals surface area contributed by atoms with E-state index in [-0.39, 0.29) is 0 Å². The molecule has 0 N–H and O–H groups in total. The number of aryl methyl sites for hydroxylation is 1. The van der Waals surface area contributed by atoms with Crippen LogP contribution in [-0.2, 0) is 0 Å². The van der Waals surface area contributed by atoms with Crippen molar-refractivity contribution in [2.75, 3.05) is 0 Å². The number of benzene rings is 5. The summed E-state index contributed by atoms with van der Waals surface area (Å²) in [5, 5.41) is 7.61. The third-order valence-corrected chi connectivity index (χ3v) is 8.21. The first-order valence-electron chi connectivity index (χ1n) is 14.8. The number of fused-ring (bicyclic) bond motifs is 3. The molecule has 8 aromatic rings. The van der Waals surface area contributed by atoms with Crippen LogP contribution < -0.4 is 0 Å². The van der Waals surface area contributed by atoms with Crippen LogP contribution in [0.5, 0.6) is 0 Å². The zero-order valence-corrected chi connectivity index (χ0v) is 24.2. The van der Waals surface area contributed by atoms with Gasteiger partial charge in [0.1, 0.15) is 0 Å². The topological polar surface area (TPSA) is 43.1 Å². The molecular weight excluding hydrogens is 536 g/mol. The van der Waals surface area contributed by atoms with Gasteiger partial charge in [-0.25, -0.2) is 14.5 Å². The van der Waals surface area contributed by atoms with E-state index in [1.165, 1.54) is 10.8 Å². The van der Waals surface area contributed by atoms with E-state index in [9.17, 15) is 0 Å². The van der Waals surface area contributed by atoms with Crippen LogP contribution in [0.2, 0.25) is 0 Å². The number of hydrogen-bond acceptors (Lipinski definition) is 3. The molecule has 0 atom stereocenters. The number of hydrogen-bond donors (Lipinski definition) is 0. The van der Waals surface area contributed by atoms with E-state index < -0.39 is 0 Å². The third kappa shape index (κ3) is 4.54. The average molecular weight is 565 g/mol. The highest BCUT2D eigenvalue weighted by atomic mass is 15.2. The van der Waals surface area contributed by atoms with Gasteiger partial charge in [-0.05, 0) is 24.4 Å². The molecule has 0 unspecified atom stereocenters. The Morgan fingerprint density at radius 1 is 0.477 bits per heavy atom. The van der Waals surface area contributed by atoms with E-state index in [1.807, 2.05) is 42.5 Å². The predicted octanol–water partition coefficient (Wildman–Crippen LogP) is 9.92. The number of aromatic nitrogens is 4. The maximum atomic E-state index is 5.21. The Morgan fingerprint density at radius 3 is 1.66 bits per heavy atom. The molecule has 0 spiro atoms. The predicted molar refractivity (Wildman–Crippen MR) is 180 cm³/mol. The van der Waals surface area contributed by atoms with Crippen LogP contribution in [-0.4, -0.2) is 19.6 Å². The number of pyridine rings is 1. The fourth-order valence-electron chi connectivity index (χ4n) is 5.99. The van der Waals surface area contributed by atoms with Crippen LogP contribution >= 0.6 is 0 Å². The lowest BCUT2D eigenvalue weighted by molar-refractivity contribution is 0.979. The lowest BCUT2D eigenvalue weighted by Gasteiger charge is -2.10. The smallest absolute Gasteiger partial charge is 0.160 e. The highest BCUT2D eigenvalue weighted by molar-refractivity contribution is 6.01. The zero-order chi connectivity index (χ0) is 29.5. The minimum atomic E-state index is 0.711. The summed E-state index contributed by atoms with van der Waals surface area (Å²) < 4.78 is 2.11. The molecule has 3 heterocycles. The summed E-state index contributed by atoms with van der Waals surface area (Å²) in [7, 11) is 0. The summed E-state index contributed by atoms with van der Waals surface area (Å²) in [5.41, 5.74) is 11.4. The lowest BCUT2D eigenvalue weighted by Crippen LogP contribution is -1.96. The van der Waals surface area contributed by atoms with Gasteiger partial charge in [0.25, 0.3) is 0 Å². The van der Waals surface area contributed by atoms with Crippen LogP contribution in [0.15, 0.2) is 152 Å². The molecule has 44 heavy (non-hydrogen) atoms. The first-order valence-corrected chi connectivity index (χ1v) is 14.8. The van der Waals surface area contributed by atoms with Crippen LogP contribution in [0.3, 0.4) is 0 Å². The fourth-order valence-corrected chi connectivity index (χ4v) is 5.99. The molecule has 208 valence electrons. The molecule has 8 rings (SSSR count). The van der Waals surface area contributed by atoms with Gasteiger partial charge in [-0.3, -0.25) is 0 Å². The molecule has 0 aliphatic heterocycles. The quantitative estimate of drug-likeness (QED) is 0.209. The molecule has 0 aliphatic carbocycles. The molecule has 0 radical (unpaired) electrons. The van der Waals surface area contributed by atoms with Gasteiger partial charge >= 0.3 is 0 Å². The largest absolute Gasteiger partial charge is 0.232 e. The molecule has 0 fully saturated rings. The SMILES string of the molecule is Cc1c(-c2ccc(-c3cc(-c4ccccc4)nc(-c4ccccc4)n3)cc2)nn2c(-c3ccccc3)cc3ccccc3c12. The Bertz CT molecular complexity index is 2200. The van der Waals surface area contributed by atoms with E-state index in [2.05, 4.69) is 121 Å². The van der Waals surface area contributed by atoms with E-state index in [4.69, 9.17) is 15.1 Å². The molecule has 0 amide bonds. The molecule has 3 aromatic heterocycles. The monoisotopic (exact) mass is 564 g/mol. The molecule has 0 bridgehead atoms. The Kier molecular flexibility index (Phi) is 6.31. The zero-order valence-electron chi connectivity index (χ0n) is 24.2. The molecule has 4 heteroatoms. The second kappa shape index (κ2) is 10.8. The highest BCUT2D eigenvalue weighted by Gasteiger charge is 2.18. The summed E-state index contributed by atoms with van der Waals surface area (Å²) in [6.07, 6.45) is 0. The van der Waals surface area contributed by atoms with Crippen molar-refractivity contribution in [3.05, 3.63) is 157 Å². The van der Waals surface area contributed by atoms with E-state index in [0.717, 1.165) is 61.7 Å². The van der Waals surface area contributed by atoms with Gasteiger partial charge in [-0.15, -0.1) is 0 Å². The molecule has 0 aliphatic rings. The van der Waals surface area contributed by atoms with Crippen molar-refractivity contribution in [2.45, 2.75) is 6.92 Å². The maximum absolute atomic E-state index is 5.21. The van der Waals surface area contributed by atoms with Crippen molar-refractivity contribution in [1.29, 1.82) is 0 Å². The van der Waals surface area contributed by atoms with Gasteiger partial charge < -0.3 is 0 Å². The van der Waals surface area contributed by atoms with Crippen LogP contribution in [0.1, 0.15) is 5.56 Å².